The second kappa shape index (κ2) is 11.2. The zero-order valence-corrected chi connectivity index (χ0v) is 22.3. The number of thiol groups is 1. The van der Waals surface area contributed by atoms with Crippen LogP contribution in [0.3, 0.4) is 0 Å². The summed E-state index contributed by atoms with van der Waals surface area (Å²) in [7, 11) is 3.02. The van der Waals surface area contributed by atoms with E-state index in [1.54, 1.807) is 36.4 Å². The molecule has 1 atom stereocenters. The number of ether oxygens (including phenoxy) is 3. The molecule has 196 valence electrons. The van der Waals surface area contributed by atoms with E-state index in [2.05, 4.69) is 5.32 Å². The van der Waals surface area contributed by atoms with E-state index in [9.17, 15) is 14.3 Å². The quantitative estimate of drug-likeness (QED) is 0.326. The summed E-state index contributed by atoms with van der Waals surface area (Å²) >= 11 is 10.7. The van der Waals surface area contributed by atoms with Gasteiger partial charge in [-0.3, -0.25) is 4.79 Å². The Morgan fingerprint density at radius 3 is 2.49 bits per heavy atom. The largest absolute Gasteiger partial charge is 0.494 e. The molecule has 2 aromatic carbocycles. The van der Waals surface area contributed by atoms with E-state index in [1.807, 2.05) is 6.92 Å². The number of carbonyl (C=O) groups excluding carboxylic acids is 1. The van der Waals surface area contributed by atoms with Gasteiger partial charge in [0.15, 0.2) is 11.5 Å². The van der Waals surface area contributed by atoms with Gasteiger partial charge in [0.05, 0.1) is 35.8 Å². The SMILES string of the molecule is COc1cc(C(=O)NCC(C)(S)c2ccc(OC)c(-c3ccc(F)c(Cl)c3)n2)ccc1OC1CC(O)C1. The van der Waals surface area contributed by atoms with Crippen molar-refractivity contribution < 1.29 is 28.5 Å². The molecule has 10 heteroatoms. The molecule has 0 radical (unpaired) electrons. The number of halogens is 2. The van der Waals surface area contributed by atoms with Crippen LogP contribution in [0, 0.1) is 5.82 Å². The van der Waals surface area contributed by atoms with Crippen LogP contribution in [0.2, 0.25) is 5.02 Å². The maximum atomic E-state index is 13.7. The molecule has 4 rings (SSSR count). The van der Waals surface area contributed by atoms with E-state index in [1.165, 1.54) is 26.4 Å². The number of aromatic nitrogens is 1. The summed E-state index contributed by atoms with van der Waals surface area (Å²) in [6, 6.07) is 12.8. The fourth-order valence-electron chi connectivity index (χ4n) is 3.93. The molecule has 2 N–H and O–H groups in total. The van der Waals surface area contributed by atoms with Crippen LogP contribution in [0.15, 0.2) is 48.5 Å². The Hall–Kier alpha value is -3.01. The number of hydrogen-bond acceptors (Lipinski definition) is 7. The van der Waals surface area contributed by atoms with Crippen LogP contribution < -0.4 is 19.5 Å². The highest BCUT2D eigenvalue weighted by molar-refractivity contribution is 7.81. The van der Waals surface area contributed by atoms with E-state index in [0.29, 0.717) is 52.6 Å². The lowest BCUT2D eigenvalue weighted by Crippen LogP contribution is -2.37. The summed E-state index contributed by atoms with van der Waals surface area (Å²) in [5, 5.41) is 12.3. The normalized spacial score (nSPS) is 18.4. The number of aliphatic hydroxyl groups is 1. The molecule has 0 saturated heterocycles. The van der Waals surface area contributed by atoms with E-state index in [-0.39, 0.29) is 29.7 Å². The Morgan fingerprint density at radius 2 is 1.84 bits per heavy atom. The topological polar surface area (TPSA) is 89.9 Å². The van der Waals surface area contributed by atoms with Crippen LogP contribution in [0.25, 0.3) is 11.3 Å². The minimum absolute atomic E-state index is 0.0234. The molecule has 1 aliphatic rings. The number of benzene rings is 2. The van der Waals surface area contributed by atoms with E-state index in [0.717, 1.165) is 0 Å². The van der Waals surface area contributed by atoms with Crippen molar-refractivity contribution in [3.63, 3.8) is 0 Å². The van der Waals surface area contributed by atoms with Gasteiger partial charge < -0.3 is 24.6 Å². The monoisotopic (exact) mass is 546 g/mol. The van der Waals surface area contributed by atoms with Crippen LogP contribution >= 0.6 is 24.2 Å². The number of nitrogens with one attached hydrogen (secondary N) is 1. The van der Waals surface area contributed by atoms with Gasteiger partial charge in [0.2, 0.25) is 0 Å². The lowest BCUT2D eigenvalue weighted by molar-refractivity contribution is -0.0118. The molecule has 1 aliphatic carbocycles. The van der Waals surface area contributed by atoms with Gasteiger partial charge in [0, 0.05) is 30.5 Å². The fourth-order valence-corrected chi connectivity index (χ4v) is 4.31. The smallest absolute Gasteiger partial charge is 0.251 e. The van der Waals surface area contributed by atoms with Gasteiger partial charge in [0.25, 0.3) is 5.91 Å². The van der Waals surface area contributed by atoms with Crippen molar-refractivity contribution in [2.75, 3.05) is 20.8 Å². The zero-order valence-electron chi connectivity index (χ0n) is 20.6. The van der Waals surface area contributed by atoms with Crippen LogP contribution in [0.5, 0.6) is 17.2 Å². The van der Waals surface area contributed by atoms with E-state index < -0.39 is 10.6 Å². The number of amides is 1. The molecular formula is C27H28ClFN2O5S. The summed E-state index contributed by atoms with van der Waals surface area (Å²) in [6.45, 7) is 2.00. The summed E-state index contributed by atoms with van der Waals surface area (Å²) in [4.78, 5) is 17.6. The molecule has 1 amide bonds. The van der Waals surface area contributed by atoms with Crippen molar-refractivity contribution in [3.05, 3.63) is 70.6 Å². The Bertz CT molecular complexity index is 1300. The molecule has 1 unspecified atom stereocenters. The molecule has 0 bridgehead atoms. The van der Waals surface area contributed by atoms with Crippen LogP contribution in [-0.4, -0.2) is 49.0 Å². The zero-order chi connectivity index (χ0) is 26.7. The number of rotatable bonds is 9. The number of carbonyl (C=O) groups is 1. The number of pyridine rings is 1. The minimum atomic E-state index is -0.849. The lowest BCUT2D eigenvalue weighted by Gasteiger charge is -2.32. The molecule has 3 aromatic rings. The van der Waals surface area contributed by atoms with Crippen molar-refractivity contribution in [2.45, 2.75) is 36.7 Å². The summed E-state index contributed by atoms with van der Waals surface area (Å²) in [5.74, 6) is 0.599. The molecular weight excluding hydrogens is 519 g/mol. The van der Waals surface area contributed by atoms with Gasteiger partial charge in [-0.15, -0.1) is 0 Å². The Labute approximate surface area is 225 Å². The number of methoxy groups -OCH3 is 2. The first-order valence-corrected chi connectivity index (χ1v) is 12.5. The van der Waals surface area contributed by atoms with Gasteiger partial charge in [-0.1, -0.05) is 11.6 Å². The van der Waals surface area contributed by atoms with Crippen molar-refractivity contribution in [2.24, 2.45) is 0 Å². The number of aliphatic hydroxyl groups excluding tert-OH is 1. The highest BCUT2D eigenvalue weighted by Crippen LogP contribution is 2.36. The Balaban J connectivity index is 1.49. The maximum absolute atomic E-state index is 13.7. The third-order valence-corrected chi connectivity index (χ3v) is 6.88. The van der Waals surface area contributed by atoms with E-state index >= 15 is 0 Å². The lowest BCUT2D eigenvalue weighted by atomic mass is 9.92. The van der Waals surface area contributed by atoms with Crippen molar-refractivity contribution >= 4 is 30.1 Å². The second-order valence-electron chi connectivity index (χ2n) is 9.06. The van der Waals surface area contributed by atoms with Crippen molar-refractivity contribution in [3.8, 4) is 28.5 Å². The van der Waals surface area contributed by atoms with Crippen LogP contribution in [0.1, 0.15) is 35.8 Å². The number of hydrogen-bond donors (Lipinski definition) is 3. The molecule has 0 spiro atoms. The van der Waals surface area contributed by atoms with Gasteiger partial charge in [-0.05, 0) is 55.5 Å². The maximum Gasteiger partial charge on any atom is 0.251 e. The second-order valence-corrected chi connectivity index (χ2v) is 10.5. The van der Waals surface area contributed by atoms with Gasteiger partial charge in [0.1, 0.15) is 23.4 Å². The highest BCUT2D eigenvalue weighted by atomic mass is 35.5. The first-order chi connectivity index (χ1) is 17.6. The van der Waals surface area contributed by atoms with E-state index in [4.69, 9.17) is 43.4 Å². The van der Waals surface area contributed by atoms with Gasteiger partial charge >= 0.3 is 0 Å². The standard InChI is InChI=1S/C27H28ClFN2O5S/c1-27(37,24-9-8-22(34-2)25(31-24)15-4-6-20(29)19(28)10-15)14-30-26(33)16-5-7-21(23(11-16)35-3)36-18-12-17(32)13-18/h4-11,17-18,32,37H,12-14H2,1-3H3,(H,30,33). The summed E-state index contributed by atoms with van der Waals surface area (Å²) < 4.78 is 29.5. The number of nitrogens with zero attached hydrogens (tertiary/aromatic N) is 1. The van der Waals surface area contributed by atoms with Crippen LogP contribution in [-0.2, 0) is 4.75 Å². The third kappa shape index (κ3) is 6.11. The fraction of sp³-hybridized carbons (Fsp3) is 0.333. The summed E-state index contributed by atoms with van der Waals surface area (Å²) in [5.41, 5.74) is 2.04. The molecule has 37 heavy (non-hydrogen) atoms. The highest BCUT2D eigenvalue weighted by Gasteiger charge is 2.30. The van der Waals surface area contributed by atoms with Crippen molar-refractivity contribution in [1.82, 2.24) is 10.3 Å². The predicted octanol–water partition coefficient (Wildman–Crippen LogP) is 5.04. The molecule has 1 heterocycles. The Kier molecular flexibility index (Phi) is 8.16. The minimum Gasteiger partial charge on any atom is -0.494 e. The predicted molar refractivity (Wildman–Crippen MR) is 143 cm³/mol. The average Bonchev–Trinajstić information content (AvgIpc) is 2.87. The molecule has 1 saturated carbocycles. The molecule has 1 aromatic heterocycles. The third-order valence-electron chi connectivity index (χ3n) is 6.21. The molecule has 1 fully saturated rings. The first kappa shape index (κ1) is 27.0. The summed E-state index contributed by atoms with van der Waals surface area (Å²) in [6.07, 6.45) is 0.741. The van der Waals surface area contributed by atoms with Gasteiger partial charge in [-0.25, -0.2) is 9.37 Å². The van der Waals surface area contributed by atoms with Gasteiger partial charge in [-0.2, -0.15) is 12.6 Å². The van der Waals surface area contributed by atoms with Crippen molar-refractivity contribution in [1.29, 1.82) is 0 Å². The average molecular weight is 547 g/mol. The first-order valence-electron chi connectivity index (χ1n) is 11.7. The molecule has 0 aliphatic heterocycles. The Morgan fingerprint density at radius 1 is 1.14 bits per heavy atom. The molecule has 7 nitrogen and oxygen atoms in total. The van der Waals surface area contributed by atoms with Crippen LogP contribution in [0.4, 0.5) is 4.39 Å².